The molecule has 0 radical (unpaired) electrons. The zero-order valence-electron chi connectivity index (χ0n) is 11.5. The van der Waals surface area contributed by atoms with Crippen LogP contribution >= 0.6 is 11.3 Å². The van der Waals surface area contributed by atoms with Crippen LogP contribution in [0.1, 0.15) is 36.6 Å². The Morgan fingerprint density at radius 3 is 2.32 bits per heavy atom. The van der Waals surface area contributed by atoms with Crippen molar-refractivity contribution in [1.82, 2.24) is 4.98 Å². The lowest BCUT2D eigenvalue weighted by Crippen LogP contribution is -2.34. The molecule has 1 aromatic heterocycles. The summed E-state index contributed by atoms with van der Waals surface area (Å²) in [5.74, 6) is -0.229. The van der Waals surface area contributed by atoms with Gasteiger partial charge in [0.15, 0.2) is 0 Å². The maximum absolute atomic E-state index is 13.0. The number of rotatable bonds is 4. The Kier molecular flexibility index (Phi) is 4.02. The van der Waals surface area contributed by atoms with Crippen molar-refractivity contribution in [3.63, 3.8) is 0 Å². The van der Waals surface area contributed by atoms with E-state index in [4.69, 9.17) is 10.7 Å². The molecule has 0 spiro atoms. The molecule has 0 amide bonds. The number of hydrogen-bond donors (Lipinski definition) is 1. The fourth-order valence-corrected chi connectivity index (χ4v) is 3.22. The van der Waals surface area contributed by atoms with Gasteiger partial charge >= 0.3 is 0 Å². The van der Waals surface area contributed by atoms with Crippen LogP contribution in [0, 0.1) is 12.7 Å². The molecule has 0 bridgehead atoms. The molecule has 0 unspecified atom stereocenters. The third-order valence-electron chi connectivity index (χ3n) is 3.60. The zero-order chi connectivity index (χ0) is 14.0. The predicted molar refractivity (Wildman–Crippen MR) is 78.7 cm³/mol. The SMILES string of the molecule is CCC(N)(CC)c1nc(-c2ccc(F)cc2)c(C)s1. The second kappa shape index (κ2) is 5.39. The second-order valence-corrected chi connectivity index (χ2v) is 6.00. The van der Waals surface area contributed by atoms with E-state index >= 15 is 0 Å². The van der Waals surface area contributed by atoms with E-state index in [1.807, 2.05) is 6.92 Å². The average Bonchev–Trinajstić information content (AvgIpc) is 2.81. The third-order valence-corrected chi connectivity index (χ3v) is 4.79. The van der Waals surface area contributed by atoms with Crippen molar-refractivity contribution >= 4 is 11.3 Å². The van der Waals surface area contributed by atoms with Crippen molar-refractivity contribution in [3.8, 4) is 11.3 Å². The van der Waals surface area contributed by atoms with E-state index in [0.29, 0.717) is 0 Å². The highest BCUT2D eigenvalue weighted by molar-refractivity contribution is 7.12. The Morgan fingerprint density at radius 2 is 1.79 bits per heavy atom. The number of nitrogens with zero attached hydrogens (tertiary/aromatic N) is 1. The van der Waals surface area contributed by atoms with Crippen molar-refractivity contribution in [3.05, 3.63) is 40.0 Å². The van der Waals surface area contributed by atoms with Crippen LogP contribution in [0.5, 0.6) is 0 Å². The summed E-state index contributed by atoms with van der Waals surface area (Å²) in [7, 11) is 0. The average molecular weight is 278 g/mol. The molecule has 0 saturated heterocycles. The Balaban J connectivity index is 2.44. The normalized spacial score (nSPS) is 11.8. The summed E-state index contributed by atoms with van der Waals surface area (Å²) in [6, 6.07) is 6.45. The Bertz CT molecular complexity index is 556. The van der Waals surface area contributed by atoms with Crippen LogP contribution in [-0.4, -0.2) is 4.98 Å². The molecule has 0 fully saturated rings. The Hall–Kier alpha value is -1.26. The standard InChI is InChI=1S/C15H19FN2S/c1-4-15(17,5-2)14-18-13(10(3)19-14)11-6-8-12(16)9-7-11/h6-9H,4-5,17H2,1-3H3. The highest BCUT2D eigenvalue weighted by Crippen LogP contribution is 2.35. The molecule has 4 heteroatoms. The largest absolute Gasteiger partial charge is 0.319 e. The Morgan fingerprint density at radius 1 is 1.21 bits per heavy atom. The van der Waals surface area contributed by atoms with Crippen LogP contribution in [0.2, 0.25) is 0 Å². The lowest BCUT2D eigenvalue weighted by molar-refractivity contribution is 0.411. The highest BCUT2D eigenvalue weighted by atomic mass is 32.1. The number of halogens is 1. The van der Waals surface area contributed by atoms with Gasteiger partial charge < -0.3 is 5.73 Å². The van der Waals surface area contributed by atoms with Crippen LogP contribution in [0.4, 0.5) is 4.39 Å². The number of thiazole rings is 1. The van der Waals surface area contributed by atoms with E-state index < -0.39 is 0 Å². The molecule has 2 nitrogen and oxygen atoms in total. The Labute approximate surface area is 117 Å². The van der Waals surface area contributed by atoms with E-state index in [9.17, 15) is 4.39 Å². The lowest BCUT2D eigenvalue weighted by atomic mass is 9.95. The zero-order valence-corrected chi connectivity index (χ0v) is 12.4. The number of nitrogens with two attached hydrogens (primary N) is 1. The molecule has 2 aromatic rings. The van der Waals surface area contributed by atoms with Crippen molar-refractivity contribution in [2.45, 2.75) is 39.2 Å². The lowest BCUT2D eigenvalue weighted by Gasteiger charge is -2.23. The van der Waals surface area contributed by atoms with Gasteiger partial charge in [-0.2, -0.15) is 0 Å². The van der Waals surface area contributed by atoms with Gasteiger partial charge in [-0.05, 0) is 44.0 Å². The molecule has 1 aromatic carbocycles. The van der Waals surface area contributed by atoms with Crippen LogP contribution in [0.15, 0.2) is 24.3 Å². The minimum atomic E-state index is -0.353. The minimum absolute atomic E-state index is 0.229. The van der Waals surface area contributed by atoms with Crippen LogP contribution in [0.25, 0.3) is 11.3 Å². The first-order valence-electron chi connectivity index (χ1n) is 6.53. The molecule has 0 saturated carbocycles. The molecule has 2 rings (SSSR count). The number of benzene rings is 1. The van der Waals surface area contributed by atoms with Crippen LogP contribution < -0.4 is 5.73 Å². The number of aryl methyl sites for hydroxylation is 1. The van der Waals surface area contributed by atoms with Crippen molar-refractivity contribution in [2.24, 2.45) is 5.73 Å². The van der Waals surface area contributed by atoms with Gasteiger partial charge in [0.05, 0.1) is 11.2 Å². The number of aromatic nitrogens is 1. The van der Waals surface area contributed by atoms with Crippen LogP contribution in [0.3, 0.4) is 0 Å². The molecule has 0 aliphatic heterocycles. The highest BCUT2D eigenvalue weighted by Gasteiger charge is 2.27. The third kappa shape index (κ3) is 2.69. The van der Waals surface area contributed by atoms with Gasteiger partial charge in [0.1, 0.15) is 10.8 Å². The first-order valence-corrected chi connectivity index (χ1v) is 7.34. The van der Waals surface area contributed by atoms with E-state index in [1.54, 1.807) is 23.5 Å². The van der Waals surface area contributed by atoms with E-state index in [-0.39, 0.29) is 11.4 Å². The first-order chi connectivity index (χ1) is 9.00. The van der Waals surface area contributed by atoms with Gasteiger partial charge in [0.2, 0.25) is 0 Å². The fourth-order valence-electron chi connectivity index (χ4n) is 2.04. The number of hydrogen-bond acceptors (Lipinski definition) is 3. The predicted octanol–water partition coefficient (Wildman–Crippen LogP) is 4.23. The monoisotopic (exact) mass is 278 g/mol. The van der Waals surface area contributed by atoms with Crippen LogP contribution in [-0.2, 0) is 5.54 Å². The fraction of sp³-hybridized carbons (Fsp3) is 0.400. The summed E-state index contributed by atoms with van der Waals surface area (Å²) in [5.41, 5.74) is 7.89. The maximum atomic E-state index is 13.0. The van der Waals surface area contributed by atoms with Gasteiger partial charge in [0, 0.05) is 10.4 Å². The summed E-state index contributed by atoms with van der Waals surface area (Å²) in [6.45, 7) is 6.20. The summed E-state index contributed by atoms with van der Waals surface area (Å²) in [5, 5.41) is 0.967. The molecule has 0 aliphatic carbocycles. The summed E-state index contributed by atoms with van der Waals surface area (Å²) < 4.78 is 13.0. The molecule has 2 N–H and O–H groups in total. The molecule has 102 valence electrons. The van der Waals surface area contributed by atoms with E-state index in [0.717, 1.165) is 34.0 Å². The topological polar surface area (TPSA) is 38.9 Å². The van der Waals surface area contributed by atoms with Gasteiger partial charge in [-0.3, -0.25) is 0 Å². The van der Waals surface area contributed by atoms with Crippen molar-refractivity contribution in [1.29, 1.82) is 0 Å². The molecule has 0 aliphatic rings. The van der Waals surface area contributed by atoms with E-state index in [2.05, 4.69) is 13.8 Å². The molecular formula is C15H19FN2S. The molecule has 1 heterocycles. The first kappa shape index (κ1) is 14.2. The maximum Gasteiger partial charge on any atom is 0.123 e. The minimum Gasteiger partial charge on any atom is -0.319 e. The molecular weight excluding hydrogens is 259 g/mol. The smallest absolute Gasteiger partial charge is 0.123 e. The molecule has 0 atom stereocenters. The van der Waals surface area contributed by atoms with Crippen molar-refractivity contribution < 1.29 is 4.39 Å². The summed E-state index contributed by atoms with van der Waals surface area (Å²) in [4.78, 5) is 5.82. The van der Waals surface area contributed by atoms with Gasteiger partial charge in [0.25, 0.3) is 0 Å². The summed E-state index contributed by atoms with van der Waals surface area (Å²) in [6.07, 6.45) is 1.72. The van der Waals surface area contributed by atoms with Gasteiger partial charge in [-0.15, -0.1) is 11.3 Å². The molecule has 19 heavy (non-hydrogen) atoms. The quantitative estimate of drug-likeness (QED) is 0.909. The van der Waals surface area contributed by atoms with Crippen molar-refractivity contribution in [2.75, 3.05) is 0 Å². The summed E-state index contributed by atoms with van der Waals surface area (Å²) >= 11 is 1.64. The van der Waals surface area contributed by atoms with E-state index in [1.165, 1.54) is 12.1 Å². The second-order valence-electron chi connectivity index (χ2n) is 4.79. The van der Waals surface area contributed by atoms with Gasteiger partial charge in [-0.1, -0.05) is 13.8 Å². The van der Waals surface area contributed by atoms with Gasteiger partial charge in [-0.25, -0.2) is 9.37 Å².